The van der Waals surface area contributed by atoms with E-state index < -0.39 is 17.6 Å². The van der Waals surface area contributed by atoms with Gasteiger partial charge in [-0.05, 0) is 25.3 Å². The van der Waals surface area contributed by atoms with Crippen LogP contribution in [0.2, 0.25) is 0 Å². The van der Waals surface area contributed by atoms with E-state index in [4.69, 9.17) is 4.74 Å². The van der Waals surface area contributed by atoms with Crippen LogP contribution in [-0.4, -0.2) is 12.1 Å². The highest BCUT2D eigenvalue weighted by atomic mass is 19.1. The molecule has 0 saturated heterocycles. The van der Waals surface area contributed by atoms with Gasteiger partial charge in [-0.15, -0.1) is 0 Å². The van der Waals surface area contributed by atoms with Gasteiger partial charge < -0.3 is 4.74 Å². The molecule has 0 heterocycles. The van der Waals surface area contributed by atoms with Crippen molar-refractivity contribution in [1.29, 1.82) is 0 Å². The molecule has 0 aliphatic heterocycles. The molecule has 2 rings (SSSR count). The van der Waals surface area contributed by atoms with Crippen LogP contribution in [0.15, 0.2) is 30.3 Å². The Labute approximate surface area is 94.4 Å². The lowest BCUT2D eigenvalue weighted by Gasteiger charge is -2.15. The summed E-state index contributed by atoms with van der Waals surface area (Å²) < 4.78 is 18.4. The predicted octanol–water partition coefficient (Wildman–Crippen LogP) is 2.87. The van der Waals surface area contributed by atoms with Gasteiger partial charge in [0.25, 0.3) is 0 Å². The Morgan fingerprint density at radius 1 is 1.44 bits per heavy atom. The lowest BCUT2D eigenvalue weighted by molar-refractivity contribution is -0.154. The Hall–Kier alpha value is -1.38. The highest BCUT2D eigenvalue weighted by molar-refractivity contribution is 5.80. The van der Waals surface area contributed by atoms with Crippen molar-refractivity contribution in [2.75, 3.05) is 0 Å². The molecule has 16 heavy (non-hydrogen) atoms. The molecule has 1 fully saturated rings. The van der Waals surface area contributed by atoms with Crippen LogP contribution in [0.5, 0.6) is 0 Å². The molecule has 1 aromatic rings. The number of benzene rings is 1. The fourth-order valence-electron chi connectivity index (χ4n) is 1.77. The smallest absolute Gasteiger partial charge is 0.315 e. The van der Waals surface area contributed by atoms with Crippen molar-refractivity contribution in [2.24, 2.45) is 5.41 Å². The summed E-state index contributed by atoms with van der Waals surface area (Å²) in [4.78, 5) is 11.7. The maximum atomic E-state index is 13.2. The number of alkyl halides is 1. The largest absolute Gasteiger partial charge is 0.460 e. The number of hydrogen-bond acceptors (Lipinski definition) is 2. The number of rotatable bonds is 4. The Morgan fingerprint density at radius 3 is 2.56 bits per heavy atom. The van der Waals surface area contributed by atoms with Crippen LogP contribution in [0.4, 0.5) is 4.39 Å². The van der Waals surface area contributed by atoms with Crippen molar-refractivity contribution in [3.63, 3.8) is 0 Å². The van der Waals surface area contributed by atoms with E-state index in [1.165, 1.54) is 6.92 Å². The van der Waals surface area contributed by atoms with Gasteiger partial charge in [0, 0.05) is 0 Å². The molecule has 0 amide bonds. The van der Waals surface area contributed by atoms with Gasteiger partial charge in [-0.2, -0.15) is 0 Å². The number of ether oxygens (including phenoxy) is 1. The molecule has 0 bridgehead atoms. The van der Waals surface area contributed by atoms with Crippen LogP contribution < -0.4 is 0 Å². The second-order valence-electron chi connectivity index (χ2n) is 4.33. The molecule has 0 radical (unpaired) electrons. The van der Waals surface area contributed by atoms with Crippen molar-refractivity contribution < 1.29 is 13.9 Å². The van der Waals surface area contributed by atoms with E-state index in [9.17, 15) is 9.18 Å². The second-order valence-corrected chi connectivity index (χ2v) is 4.33. The first-order valence-corrected chi connectivity index (χ1v) is 5.50. The van der Waals surface area contributed by atoms with E-state index >= 15 is 0 Å². The molecule has 1 aliphatic carbocycles. The Balaban J connectivity index is 1.90. The van der Waals surface area contributed by atoms with Crippen molar-refractivity contribution in [3.05, 3.63) is 35.9 Å². The Morgan fingerprint density at radius 2 is 2.06 bits per heavy atom. The monoisotopic (exact) mass is 222 g/mol. The molecule has 1 atom stereocenters. The molecule has 1 saturated carbocycles. The van der Waals surface area contributed by atoms with Crippen LogP contribution in [0.1, 0.15) is 25.3 Å². The summed E-state index contributed by atoms with van der Waals surface area (Å²) in [6, 6.07) is 9.43. The highest BCUT2D eigenvalue weighted by Gasteiger charge is 2.56. The van der Waals surface area contributed by atoms with E-state index in [1.807, 2.05) is 30.3 Å². The van der Waals surface area contributed by atoms with Crippen LogP contribution in [-0.2, 0) is 16.1 Å². The minimum atomic E-state index is -1.12. The van der Waals surface area contributed by atoms with E-state index in [0.29, 0.717) is 12.8 Å². The van der Waals surface area contributed by atoms with Crippen molar-refractivity contribution >= 4 is 5.97 Å². The third kappa shape index (κ3) is 2.08. The summed E-state index contributed by atoms with van der Waals surface area (Å²) in [5.74, 6) is -0.397. The molecule has 0 N–H and O–H groups in total. The average molecular weight is 222 g/mol. The maximum Gasteiger partial charge on any atom is 0.315 e. The second kappa shape index (κ2) is 4.24. The number of hydrogen-bond donors (Lipinski definition) is 0. The van der Waals surface area contributed by atoms with Gasteiger partial charge in [0.05, 0.1) is 5.41 Å². The van der Waals surface area contributed by atoms with E-state index in [0.717, 1.165) is 5.56 Å². The summed E-state index contributed by atoms with van der Waals surface area (Å²) in [5.41, 5.74) is 0.0903. The molecular weight excluding hydrogens is 207 g/mol. The Kier molecular flexibility index (Phi) is 2.95. The molecule has 2 nitrogen and oxygen atoms in total. The van der Waals surface area contributed by atoms with Gasteiger partial charge in [0.1, 0.15) is 12.8 Å². The first-order chi connectivity index (χ1) is 7.65. The summed E-state index contributed by atoms with van der Waals surface area (Å²) in [6.45, 7) is 1.66. The summed E-state index contributed by atoms with van der Waals surface area (Å²) >= 11 is 0. The quantitative estimate of drug-likeness (QED) is 0.732. The summed E-state index contributed by atoms with van der Waals surface area (Å²) in [7, 11) is 0. The molecule has 1 aromatic carbocycles. The van der Waals surface area contributed by atoms with Gasteiger partial charge in [0.2, 0.25) is 0 Å². The number of esters is 1. The lowest BCUT2D eigenvalue weighted by atomic mass is 10.0. The van der Waals surface area contributed by atoms with Gasteiger partial charge in [0.15, 0.2) is 0 Å². The van der Waals surface area contributed by atoms with Gasteiger partial charge in [-0.25, -0.2) is 4.39 Å². The fourth-order valence-corrected chi connectivity index (χ4v) is 1.77. The Bertz CT molecular complexity index is 369. The first-order valence-electron chi connectivity index (χ1n) is 5.50. The predicted molar refractivity (Wildman–Crippen MR) is 58.5 cm³/mol. The standard InChI is InChI=1S/C13H15FO2/c1-10(14)13(7-8-13)12(15)16-9-11-5-3-2-4-6-11/h2-6,10H,7-9H2,1H3. The van der Waals surface area contributed by atoms with E-state index in [-0.39, 0.29) is 6.61 Å². The lowest BCUT2D eigenvalue weighted by Crippen LogP contribution is -2.26. The minimum absolute atomic E-state index is 0.230. The normalized spacial score (nSPS) is 18.9. The van der Waals surface area contributed by atoms with E-state index in [1.54, 1.807) is 0 Å². The maximum absolute atomic E-state index is 13.2. The topological polar surface area (TPSA) is 26.3 Å². The van der Waals surface area contributed by atoms with E-state index in [2.05, 4.69) is 0 Å². The zero-order valence-corrected chi connectivity index (χ0v) is 9.28. The molecule has 3 heteroatoms. The third-order valence-corrected chi connectivity index (χ3v) is 3.17. The molecule has 0 aromatic heterocycles. The summed E-state index contributed by atoms with van der Waals surface area (Å²) in [5, 5.41) is 0. The van der Waals surface area contributed by atoms with Gasteiger partial charge in [-0.3, -0.25) is 4.79 Å². The minimum Gasteiger partial charge on any atom is -0.460 e. The third-order valence-electron chi connectivity index (χ3n) is 3.17. The van der Waals surface area contributed by atoms with Crippen LogP contribution in [0, 0.1) is 5.41 Å². The number of carbonyl (C=O) groups excluding carboxylic acids is 1. The SMILES string of the molecule is CC(F)C1(C(=O)OCc2ccccc2)CC1. The molecule has 1 aliphatic rings. The number of carbonyl (C=O) groups is 1. The van der Waals surface area contributed by atoms with Crippen molar-refractivity contribution in [2.45, 2.75) is 32.5 Å². The molecular formula is C13H15FO2. The molecule has 86 valence electrons. The van der Waals surface area contributed by atoms with Gasteiger partial charge >= 0.3 is 5.97 Å². The first kappa shape index (κ1) is 11.1. The highest BCUT2D eigenvalue weighted by Crippen LogP contribution is 2.51. The zero-order valence-electron chi connectivity index (χ0n) is 9.28. The number of halogens is 1. The summed E-state index contributed by atoms with van der Waals surface area (Å²) in [6.07, 6.45) is 0.104. The van der Waals surface area contributed by atoms with Crippen LogP contribution in [0.3, 0.4) is 0 Å². The average Bonchev–Trinajstić information content (AvgIpc) is 3.08. The van der Waals surface area contributed by atoms with Gasteiger partial charge in [-0.1, -0.05) is 30.3 Å². The fraction of sp³-hybridized carbons (Fsp3) is 0.462. The zero-order chi connectivity index (χ0) is 11.6. The van der Waals surface area contributed by atoms with Crippen molar-refractivity contribution in [3.8, 4) is 0 Å². The van der Waals surface area contributed by atoms with Crippen LogP contribution >= 0.6 is 0 Å². The van der Waals surface area contributed by atoms with Crippen LogP contribution in [0.25, 0.3) is 0 Å². The molecule has 1 unspecified atom stereocenters. The van der Waals surface area contributed by atoms with Crippen molar-refractivity contribution in [1.82, 2.24) is 0 Å². The molecule has 0 spiro atoms.